The van der Waals surface area contributed by atoms with E-state index in [1.807, 2.05) is 12.1 Å². The van der Waals surface area contributed by atoms with Gasteiger partial charge < -0.3 is 15.5 Å². The van der Waals surface area contributed by atoms with E-state index < -0.39 is 0 Å². The highest BCUT2D eigenvalue weighted by atomic mass is 16.2. The van der Waals surface area contributed by atoms with Gasteiger partial charge in [0.2, 0.25) is 0 Å². The lowest BCUT2D eigenvalue weighted by Gasteiger charge is -2.16. The lowest BCUT2D eigenvalue weighted by Crippen LogP contribution is -2.30. The molecule has 0 bridgehead atoms. The molecule has 1 aliphatic heterocycles. The molecular formula is C13H18N4O. The van der Waals surface area contributed by atoms with Crippen LogP contribution in [-0.2, 0) is 0 Å². The van der Waals surface area contributed by atoms with Gasteiger partial charge in [0.15, 0.2) is 0 Å². The quantitative estimate of drug-likeness (QED) is 0.857. The molecule has 2 N–H and O–H groups in total. The average Bonchev–Trinajstić information content (AvgIpc) is 3.01. The number of amides is 2. The molecule has 18 heavy (non-hydrogen) atoms. The van der Waals surface area contributed by atoms with Crippen molar-refractivity contribution in [2.24, 2.45) is 0 Å². The van der Waals surface area contributed by atoms with Gasteiger partial charge in [-0.3, -0.25) is 0 Å². The van der Waals surface area contributed by atoms with E-state index in [1.165, 1.54) is 12.8 Å². The monoisotopic (exact) mass is 246 g/mol. The van der Waals surface area contributed by atoms with Crippen molar-refractivity contribution in [3.05, 3.63) is 18.3 Å². The first-order chi connectivity index (χ1) is 8.81. The predicted molar refractivity (Wildman–Crippen MR) is 70.9 cm³/mol. The zero-order chi connectivity index (χ0) is 12.4. The number of hydrogen-bond acceptors (Lipinski definition) is 3. The van der Waals surface area contributed by atoms with E-state index in [0.717, 1.165) is 37.4 Å². The van der Waals surface area contributed by atoms with Crippen molar-refractivity contribution in [3.8, 4) is 0 Å². The first-order valence-electron chi connectivity index (χ1n) is 6.60. The van der Waals surface area contributed by atoms with Gasteiger partial charge in [-0.2, -0.15) is 0 Å². The third-order valence-electron chi connectivity index (χ3n) is 3.35. The summed E-state index contributed by atoms with van der Waals surface area (Å²) in [7, 11) is 0. The molecule has 0 aromatic carbocycles. The SMILES string of the molecule is O=C(Nc1ccc(N2CCCC2)nc1)NC1CC1. The van der Waals surface area contributed by atoms with E-state index in [9.17, 15) is 4.79 Å². The summed E-state index contributed by atoms with van der Waals surface area (Å²) in [6.45, 7) is 2.17. The van der Waals surface area contributed by atoms with Crippen LogP contribution < -0.4 is 15.5 Å². The molecule has 1 aromatic heterocycles. The number of aromatic nitrogens is 1. The molecule has 5 heteroatoms. The van der Waals surface area contributed by atoms with Gasteiger partial charge in [-0.05, 0) is 37.8 Å². The Morgan fingerprint density at radius 2 is 2.06 bits per heavy atom. The lowest BCUT2D eigenvalue weighted by molar-refractivity contribution is 0.251. The van der Waals surface area contributed by atoms with Crippen LogP contribution >= 0.6 is 0 Å². The predicted octanol–water partition coefficient (Wildman–Crippen LogP) is 1.97. The molecule has 0 radical (unpaired) electrons. The van der Waals surface area contributed by atoms with Crippen molar-refractivity contribution in [3.63, 3.8) is 0 Å². The molecule has 0 atom stereocenters. The second kappa shape index (κ2) is 4.84. The highest BCUT2D eigenvalue weighted by Crippen LogP contribution is 2.20. The summed E-state index contributed by atoms with van der Waals surface area (Å²) < 4.78 is 0. The van der Waals surface area contributed by atoms with E-state index in [-0.39, 0.29) is 6.03 Å². The Kier molecular flexibility index (Phi) is 3.04. The van der Waals surface area contributed by atoms with Crippen LogP contribution in [0.25, 0.3) is 0 Å². The van der Waals surface area contributed by atoms with Crippen molar-refractivity contribution >= 4 is 17.5 Å². The largest absolute Gasteiger partial charge is 0.357 e. The summed E-state index contributed by atoms with van der Waals surface area (Å²) in [4.78, 5) is 18.2. The minimum Gasteiger partial charge on any atom is -0.357 e. The molecule has 1 aromatic rings. The molecule has 1 saturated heterocycles. The molecule has 1 aliphatic carbocycles. The van der Waals surface area contributed by atoms with E-state index in [2.05, 4.69) is 20.5 Å². The van der Waals surface area contributed by atoms with Crippen LogP contribution in [0.4, 0.5) is 16.3 Å². The van der Waals surface area contributed by atoms with Crippen LogP contribution in [0.15, 0.2) is 18.3 Å². The highest BCUT2D eigenvalue weighted by Gasteiger charge is 2.23. The fraction of sp³-hybridized carbons (Fsp3) is 0.538. The van der Waals surface area contributed by atoms with E-state index in [0.29, 0.717) is 6.04 Å². The van der Waals surface area contributed by atoms with Crippen LogP contribution in [0.3, 0.4) is 0 Å². The number of carbonyl (C=O) groups excluding carboxylic acids is 1. The smallest absolute Gasteiger partial charge is 0.319 e. The summed E-state index contributed by atoms with van der Waals surface area (Å²) in [5.74, 6) is 1.00. The zero-order valence-electron chi connectivity index (χ0n) is 10.4. The van der Waals surface area contributed by atoms with Gasteiger partial charge in [0.25, 0.3) is 0 Å². The number of nitrogens with zero attached hydrogens (tertiary/aromatic N) is 2. The van der Waals surface area contributed by atoms with Crippen LogP contribution in [-0.4, -0.2) is 30.1 Å². The number of pyridine rings is 1. The summed E-state index contributed by atoms with van der Waals surface area (Å²) in [6, 6.07) is 4.13. The molecule has 2 fully saturated rings. The number of hydrogen-bond donors (Lipinski definition) is 2. The van der Waals surface area contributed by atoms with Gasteiger partial charge in [0.1, 0.15) is 5.82 Å². The Labute approximate surface area is 107 Å². The number of rotatable bonds is 3. The maximum atomic E-state index is 11.5. The molecule has 96 valence electrons. The third kappa shape index (κ3) is 2.72. The number of nitrogens with one attached hydrogen (secondary N) is 2. The Balaban J connectivity index is 1.57. The fourth-order valence-corrected chi connectivity index (χ4v) is 2.17. The minimum atomic E-state index is -0.131. The van der Waals surface area contributed by atoms with Crippen LogP contribution in [0.2, 0.25) is 0 Å². The van der Waals surface area contributed by atoms with E-state index >= 15 is 0 Å². The maximum Gasteiger partial charge on any atom is 0.319 e. The molecule has 5 nitrogen and oxygen atoms in total. The molecular weight excluding hydrogens is 228 g/mol. The molecule has 0 unspecified atom stereocenters. The normalized spacial score (nSPS) is 18.8. The number of urea groups is 1. The van der Waals surface area contributed by atoms with Crippen molar-refractivity contribution in [2.75, 3.05) is 23.3 Å². The van der Waals surface area contributed by atoms with Crippen molar-refractivity contribution in [2.45, 2.75) is 31.7 Å². The van der Waals surface area contributed by atoms with Gasteiger partial charge >= 0.3 is 6.03 Å². The highest BCUT2D eigenvalue weighted by molar-refractivity contribution is 5.89. The van der Waals surface area contributed by atoms with Gasteiger partial charge in [-0.25, -0.2) is 9.78 Å². The first-order valence-corrected chi connectivity index (χ1v) is 6.60. The van der Waals surface area contributed by atoms with E-state index in [1.54, 1.807) is 6.20 Å². The van der Waals surface area contributed by atoms with Gasteiger partial charge in [-0.1, -0.05) is 0 Å². The maximum absolute atomic E-state index is 11.5. The van der Waals surface area contributed by atoms with Gasteiger partial charge in [0, 0.05) is 19.1 Å². The summed E-state index contributed by atoms with van der Waals surface area (Å²) in [5, 5.41) is 5.68. The van der Waals surface area contributed by atoms with E-state index in [4.69, 9.17) is 0 Å². The zero-order valence-corrected chi connectivity index (χ0v) is 10.4. The summed E-state index contributed by atoms with van der Waals surface area (Å²) >= 11 is 0. The second-order valence-electron chi connectivity index (χ2n) is 4.97. The van der Waals surface area contributed by atoms with Gasteiger partial charge in [-0.15, -0.1) is 0 Å². The lowest BCUT2D eigenvalue weighted by atomic mass is 10.4. The average molecular weight is 246 g/mol. The summed E-state index contributed by atoms with van der Waals surface area (Å²) in [6.07, 6.45) is 6.40. The minimum absolute atomic E-state index is 0.131. The van der Waals surface area contributed by atoms with Crippen molar-refractivity contribution in [1.29, 1.82) is 0 Å². The molecule has 1 saturated carbocycles. The second-order valence-corrected chi connectivity index (χ2v) is 4.97. The number of anilines is 2. The Morgan fingerprint density at radius 1 is 1.28 bits per heavy atom. The Hall–Kier alpha value is -1.78. The van der Waals surface area contributed by atoms with Crippen LogP contribution in [0, 0.1) is 0 Å². The summed E-state index contributed by atoms with van der Waals surface area (Å²) in [5.41, 5.74) is 0.746. The van der Waals surface area contributed by atoms with Gasteiger partial charge in [0.05, 0.1) is 11.9 Å². The third-order valence-corrected chi connectivity index (χ3v) is 3.35. The topological polar surface area (TPSA) is 57.3 Å². The fourth-order valence-electron chi connectivity index (χ4n) is 2.17. The standard InChI is InChI=1S/C13H18N4O/c18-13(15-10-3-4-10)16-11-5-6-12(14-9-11)17-7-1-2-8-17/h5-6,9-10H,1-4,7-8H2,(H2,15,16,18). The van der Waals surface area contributed by atoms with Crippen LogP contribution in [0.5, 0.6) is 0 Å². The van der Waals surface area contributed by atoms with Crippen molar-refractivity contribution < 1.29 is 4.79 Å². The Morgan fingerprint density at radius 3 is 2.67 bits per heavy atom. The van der Waals surface area contributed by atoms with Crippen molar-refractivity contribution in [1.82, 2.24) is 10.3 Å². The molecule has 0 spiro atoms. The first kappa shape index (κ1) is 11.3. The van der Waals surface area contributed by atoms with Crippen LogP contribution in [0.1, 0.15) is 25.7 Å². The molecule has 2 aliphatic rings. The number of carbonyl (C=O) groups is 1. The molecule has 3 rings (SSSR count). The molecule has 2 heterocycles. The Bertz CT molecular complexity index is 421. The molecule has 2 amide bonds.